The van der Waals surface area contributed by atoms with E-state index in [1.165, 1.54) is 173 Å². The molecule has 7 atom stereocenters. The van der Waals surface area contributed by atoms with E-state index in [9.17, 15) is 30.3 Å². The van der Waals surface area contributed by atoms with E-state index < -0.39 is 49.5 Å². The Bertz CT molecular complexity index is 1070. The third-order valence-electron chi connectivity index (χ3n) is 12.5. The first-order valence-corrected chi connectivity index (χ1v) is 26.2. The number of ether oxygens (including phenoxy) is 2. The van der Waals surface area contributed by atoms with Crippen molar-refractivity contribution in [2.75, 3.05) is 13.2 Å². The molecular weight excluding hydrogens is 779 g/mol. The molecule has 7 unspecified atom stereocenters. The lowest BCUT2D eigenvalue weighted by molar-refractivity contribution is -0.302. The van der Waals surface area contributed by atoms with Crippen molar-refractivity contribution < 1.29 is 39.8 Å². The monoisotopic (exact) mass is 878 g/mol. The van der Waals surface area contributed by atoms with E-state index in [0.717, 1.165) is 44.9 Å². The van der Waals surface area contributed by atoms with Gasteiger partial charge in [0.1, 0.15) is 24.4 Å². The van der Waals surface area contributed by atoms with Gasteiger partial charge in [-0.25, -0.2) is 0 Å². The molecule has 1 amide bonds. The van der Waals surface area contributed by atoms with E-state index >= 15 is 0 Å². The van der Waals surface area contributed by atoms with Gasteiger partial charge >= 0.3 is 0 Å². The van der Waals surface area contributed by atoms with Crippen LogP contribution in [0, 0.1) is 0 Å². The molecule has 0 bridgehead atoms. The zero-order valence-corrected chi connectivity index (χ0v) is 40.1. The van der Waals surface area contributed by atoms with Gasteiger partial charge in [-0.3, -0.25) is 4.79 Å². The molecule has 0 spiro atoms. The molecule has 9 heteroatoms. The maximum absolute atomic E-state index is 12.9. The van der Waals surface area contributed by atoms with Crippen molar-refractivity contribution in [3.8, 4) is 0 Å². The van der Waals surface area contributed by atoms with Crippen molar-refractivity contribution in [1.82, 2.24) is 5.32 Å². The van der Waals surface area contributed by atoms with Crippen LogP contribution in [0.15, 0.2) is 36.5 Å². The second-order valence-electron chi connectivity index (χ2n) is 18.3. The van der Waals surface area contributed by atoms with Gasteiger partial charge in [-0.05, 0) is 51.4 Å². The molecular formula is C53H99NO8. The maximum Gasteiger partial charge on any atom is 0.220 e. The predicted molar refractivity (Wildman–Crippen MR) is 258 cm³/mol. The van der Waals surface area contributed by atoms with Gasteiger partial charge in [0.15, 0.2) is 6.29 Å². The van der Waals surface area contributed by atoms with Gasteiger partial charge in [0.25, 0.3) is 0 Å². The Hall–Kier alpha value is -1.59. The van der Waals surface area contributed by atoms with Crippen LogP contribution in [-0.4, -0.2) is 87.5 Å². The average Bonchev–Trinajstić information content (AvgIpc) is 3.27. The molecule has 6 N–H and O–H groups in total. The molecule has 0 radical (unpaired) electrons. The van der Waals surface area contributed by atoms with Gasteiger partial charge < -0.3 is 40.3 Å². The fourth-order valence-corrected chi connectivity index (χ4v) is 8.25. The molecule has 1 aliphatic rings. The summed E-state index contributed by atoms with van der Waals surface area (Å²) in [6, 6.07) is -0.800. The van der Waals surface area contributed by atoms with E-state index in [2.05, 4.69) is 43.5 Å². The highest BCUT2D eigenvalue weighted by atomic mass is 16.7. The summed E-state index contributed by atoms with van der Waals surface area (Å²) in [6.45, 7) is 3.72. The number of hydrogen-bond donors (Lipinski definition) is 6. The van der Waals surface area contributed by atoms with Crippen molar-refractivity contribution in [3.63, 3.8) is 0 Å². The summed E-state index contributed by atoms with van der Waals surface area (Å²) in [6.07, 6.45) is 48.1. The van der Waals surface area contributed by atoms with Crippen molar-refractivity contribution in [3.05, 3.63) is 36.5 Å². The van der Waals surface area contributed by atoms with Crippen LogP contribution >= 0.6 is 0 Å². The number of nitrogens with one attached hydrogen (secondary N) is 1. The zero-order chi connectivity index (χ0) is 45.1. The number of unbranched alkanes of at least 4 members (excludes halogenated alkanes) is 30. The molecule has 1 saturated heterocycles. The molecule has 1 rings (SSSR count). The van der Waals surface area contributed by atoms with Crippen LogP contribution in [0.2, 0.25) is 0 Å². The first-order chi connectivity index (χ1) is 30.3. The Morgan fingerprint density at radius 1 is 0.548 bits per heavy atom. The summed E-state index contributed by atoms with van der Waals surface area (Å²) < 4.78 is 11.2. The van der Waals surface area contributed by atoms with Gasteiger partial charge in [0.2, 0.25) is 5.91 Å². The quantitative estimate of drug-likeness (QED) is 0.0262. The molecule has 0 aromatic rings. The lowest BCUT2D eigenvalue weighted by Gasteiger charge is -2.40. The van der Waals surface area contributed by atoms with Crippen molar-refractivity contribution in [1.29, 1.82) is 0 Å². The third kappa shape index (κ3) is 33.0. The van der Waals surface area contributed by atoms with E-state index in [-0.39, 0.29) is 12.5 Å². The Kier molecular flexibility index (Phi) is 40.8. The van der Waals surface area contributed by atoms with Crippen LogP contribution in [-0.2, 0) is 14.3 Å². The molecule has 0 aromatic carbocycles. The van der Waals surface area contributed by atoms with Crippen LogP contribution in [0.25, 0.3) is 0 Å². The van der Waals surface area contributed by atoms with Crippen LogP contribution in [0.4, 0.5) is 0 Å². The number of carbonyl (C=O) groups excluding carboxylic acids is 1. The number of hydrogen-bond acceptors (Lipinski definition) is 8. The summed E-state index contributed by atoms with van der Waals surface area (Å²) in [7, 11) is 0. The first-order valence-electron chi connectivity index (χ1n) is 26.2. The van der Waals surface area contributed by atoms with Gasteiger partial charge in [-0.15, -0.1) is 0 Å². The van der Waals surface area contributed by atoms with Gasteiger partial charge in [-0.1, -0.05) is 217 Å². The summed E-state index contributed by atoms with van der Waals surface area (Å²) in [5.74, 6) is -0.178. The summed E-state index contributed by atoms with van der Waals surface area (Å²) in [4.78, 5) is 12.9. The molecule has 9 nitrogen and oxygen atoms in total. The molecule has 62 heavy (non-hydrogen) atoms. The van der Waals surface area contributed by atoms with E-state index in [0.29, 0.717) is 6.42 Å². The van der Waals surface area contributed by atoms with Gasteiger partial charge in [0, 0.05) is 6.42 Å². The summed E-state index contributed by atoms with van der Waals surface area (Å²) >= 11 is 0. The summed E-state index contributed by atoms with van der Waals surface area (Å²) in [5.41, 5.74) is 0. The normalized spacial score (nSPS) is 20.5. The van der Waals surface area contributed by atoms with Crippen LogP contribution in [0.3, 0.4) is 0 Å². The fourth-order valence-electron chi connectivity index (χ4n) is 8.25. The minimum atomic E-state index is -1.56. The fraction of sp³-hybridized carbons (Fsp3) is 0.868. The summed E-state index contributed by atoms with van der Waals surface area (Å²) in [5, 5.41) is 54.0. The van der Waals surface area contributed by atoms with Crippen LogP contribution in [0.5, 0.6) is 0 Å². The van der Waals surface area contributed by atoms with E-state index in [1.54, 1.807) is 6.08 Å². The Morgan fingerprint density at radius 3 is 1.39 bits per heavy atom. The highest BCUT2D eigenvalue weighted by Gasteiger charge is 2.44. The number of aliphatic hydroxyl groups excluding tert-OH is 5. The van der Waals surface area contributed by atoms with E-state index in [4.69, 9.17) is 9.47 Å². The third-order valence-corrected chi connectivity index (χ3v) is 12.5. The number of amides is 1. The smallest absolute Gasteiger partial charge is 0.220 e. The zero-order valence-electron chi connectivity index (χ0n) is 40.1. The van der Waals surface area contributed by atoms with E-state index in [1.807, 2.05) is 6.08 Å². The number of aliphatic hydroxyl groups is 5. The maximum atomic E-state index is 12.9. The Morgan fingerprint density at radius 2 is 0.952 bits per heavy atom. The SMILES string of the molecule is CCCCCCC/C=C\C/C=C\CCCCCCCCCCCCCCCCCCCCCC(=O)NC(COC1OC(CO)C(O)C(O)C1O)C(O)/C=C/CCCCCCCC. The highest BCUT2D eigenvalue weighted by molar-refractivity contribution is 5.76. The minimum Gasteiger partial charge on any atom is -0.394 e. The molecule has 1 fully saturated rings. The minimum absolute atomic E-state index is 0.178. The number of carbonyl (C=O) groups is 1. The van der Waals surface area contributed by atoms with Crippen LogP contribution < -0.4 is 5.32 Å². The molecule has 0 saturated carbocycles. The van der Waals surface area contributed by atoms with Crippen LogP contribution in [0.1, 0.15) is 239 Å². The largest absolute Gasteiger partial charge is 0.394 e. The Labute approximate surface area is 381 Å². The molecule has 364 valence electrons. The van der Waals surface area contributed by atoms with Gasteiger partial charge in [-0.2, -0.15) is 0 Å². The molecule has 0 aromatic heterocycles. The Balaban J connectivity index is 2.08. The second-order valence-corrected chi connectivity index (χ2v) is 18.3. The lowest BCUT2D eigenvalue weighted by atomic mass is 9.99. The van der Waals surface area contributed by atoms with Gasteiger partial charge in [0.05, 0.1) is 25.4 Å². The van der Waals surface area contributed by atoms with Crippen molar-refractivity contribution in [2.45, 2.75) is 281 Å². The predicted octanol–water partition coefficient (Wildman–Crippen LogP) is 12.0. The first kappa shape index (κ1) is 58.4. The highest BCUT2D eigenvalue weighted by Crippen LogP contribution is 2.23. The van der Waals surface area contributed by atoms with Crippen molar-refractivity contribution >= 4 is 5.91 Å². The lowest BCUT2D eigenvalue weighted by Crippen LogP contribution is -2.60. The molecule has 0 aliphatic carbocycles. The molecule has 1 heterocycles. The number of allylic oxidation sites excluding steroid dienone is 5. The van der Waals surface area contributed by atoms with Crippen molar-refractivity contribution in [2.24, 2.45) is 0 Å². The second kappa shape index (κ2) is 43.3. The number of rotatable bonds is 44. The molecule has 1 aliphatic heterocycles. The average molecular weight is 878 g/mol. The standard InChI is InChI=1S/C53H99NO8/c1-3-5-7-9-11-13-14-15-16-17-18-19-20-21-22-23-24-25-26-27-28-29-30-31-32-33-34-35-37-39-41-43-49(57)54-46(47(56)42-40-38-36-12-10-8-6-4-2)45-61-53-52(60)51(59)50(58)48(44-55)62-53/h14-15,17-18,40,42,46-48,50-53,55-56,58-60H,3-13,16,19-39,41,43-45H2,1-2H3,(H,54,57)/b15-14-,18-17-,42-40+. The topological polar surface area (TPSA) is 149 Å².